The Morgan fingerprint density at radius 1 is 1.44 bits per heavy atom. The highest BCUT2D eigenvalue weighted by Crippen LogP contribution is 2.29. The van der Waals surface area contributed by atoms with Crippen molar-refractivity contribution < 1.29 is 4.42 Å². The number of aryl methyl sites for hydroxylation is 2. The van der Waals surface area contributed by atoms with Crippen molar-refractivity contribution in [1.82, 2.24) is 15.2 Å². The molecule has 0 amide bonds. The Kier molecular flexibility index (Phi) is 3.50. The van der Waals surface area contributed by atoms with E-state index in [-0.39, 0.29) is 0 Å². The Morgan fingerprint density at radius 2 is 2.25 bits per heavy atom. The predicted molar refractivity (Wildman–Crippen MR) is 66.2 cm³/mol. The van der Waals surface area contributed by atoms with Crippen molar-refractivity contribution in [1.29, 1.82) is 0 Å². The maximum absolute atomic E-state index is 5.32. The first kappa shape index (κ1) is 11.5. The first-order valence-corrected chi connectivity index (χ1v) is 6.51. The summed E-state index contributed by atoms with van der Waals surface area (Å²) in [6.45, 7) is 4.22. The molecule has 6 heteroatoms. The summed E-state index contributed by atoms with van der Waals surface area (Å²) in [5.41, 5.74) is 1.04. The Balaban J connectivity index is 2.42. The van der Waals surface area contributed by atoms with E-state index in [9.17, 15) is 0 Å². The molecule has 16 heavy (non-hydrogen) atoms. The molecule has 0 aromatic carbocycles. The molecule has 0 saturated carbocycles. The molecule has 0 aliphatic heterocycles. The van der Waals surface area contributed by atoms with Crippen LogP contribution < -0.4 is 0 Å². The molecule has 0 fully saturated rings. The second kappa shape index (κ2) is 4.88. The lowest BCUT2D eigenvalue weighted by Crippen LogP contribution is -1.86. The van der Waals surface area contributed by atoms with E-state index in [1.54, 1.807) is 11.3 Å². The van der Waals surface area contributed by atoms with Gasteiger partial charge >= 0.3 is 0 Å². The van der Waals surface area contributed by atoms with Gasteiger partial charge in [0.1, 0.15) is 4.88 Å². The van der Waals surface area contributed by atoms with Gasteiger partial charge in [-0.2, -0.15) is 0 Å². The minimum Gasteiger partial charge on any atom is -0.408 e. The fourth-order valence-corrected chi connectivity index (χ4v) is 2.76. The van der Waals surface area contributed by atoms with Crippen LogP contribution in [0.3, 0.4) is 0 Å². The van der Waals surface area contributed by atoms with Crippen molar-refractivity contribution in [3.63, 3.8) is 0 Å². The van der Waals surface area contributed by atoms with Crippen molar-refractivity contribution in [2.24, 2.45) is 0 Å². The molecule has 0 aliphatic rings. The number of rotatable bonds is 4. The second-order valence-electron chi connectivity index (χ2n) is 3.41. The van der Waals surface area contributed by atoms with E-state index in [0.717, 1.165) is 34.8 Å². The summed E-state index contributed by atoms with van der Waals surface area (Å²) in [6, 6.07) is 0. The van der Waals surface area contributed by atoms with Crippen LogP contribution in [0.15, 0.2) is 4.42 Å². The molecular weight excluding hydrogens is 242 g/mol. The average Bonchev–Trinajstić information content (AvgIpc) is 2.84. The summed E-state index contributed by atoms with van der Waals surface area (Å²) in [6.07, 6.45) is 2.98. The van der Waals surface area contributed by atoms with Crippen molar-refractivity contribution in [2.75, 3.05) is 0 Å². The molecule has 2 heterocycles. The Labute approximate surface area is 103 Å². The average molecular weight is 255 g/mol. The van der Waals surface area contributed by atoms with Gasteiger partial charge in [0.15, 0.2) is 0 Å². The van der Waals surface area contributed by atoms with Crippen LogP contribution in [-0.4, -0.2) is 15.2 Å². The van der Waals surface area contributed by atoms with Gasteiger partial charge in [0.25, 0.3) is 10.7 Å². The molecular formula is C10H13N3OS2. The molecule has 4 nitrogen and oxygen atoms in total. The molecule has 1 N–H and O–H groups in total. The number of H-pyrrole nitrogens is 1. The van der Waals surface area contributed by atoms with Crippen molar-refractivity contribution in [2.45, 2.75) is 33.1 Å². The van der Waals surface area contributed by atoms with E-state index in [4.69, 9.17) is 16.6 Å². The van der Waals surface area contributed by atoms with E-state index < -0.39 is 0 Å². The van der Waals surface area contributed by atoms with Crippen LogP contribution in [0.25, 0.3) is 10.8 Å². The van der Waals surface area contributed by atoms with Gasteiger partial charge in [0.2, 0.25) is 0 Å². The monoisotopic (exact) mass is 255 g/mol. The van der Waals surface area contributed by atoms with Gasteiger partial charge in [0, 0.05) is 0 Å². The van der Waals surface area contributed by atoms with Gasteiger partial charge in [-0.25, -0.2) is 10.1 Å². The minimum absolute atomic E-state index is 0.308. The number of hydrogen-bond acceptors (Lipinski definition) is 5. The Morgan fingerprint density at radius 3 is 2.81 bits per heavy atom. The number of thiazole rings is 1. The molecule has 0 radical (unpaired) electrons. The second-order valence-corrected chi connectivity index (χ2v) is 4.86. The molecule has 0 saturated heterocycles. The first-order chi connectivity index (χ1) is 7.74. The lowest BCUT2D eigenvalue weighted by atomic mass is 10.3. The lowest BCUT2D eigenvalue weighted by molar-refractivity contribution is 0.552. The SMILES string of the molecule is CCCc1nc(CC)c(-c2n[nH]c(=S)o2)s1. The standard InChI is InChI=1S/C10H13N3OS2/c1-3-5-7-11-6(4-2)8(16-7)9-12-13-10(15)14-9/h3-5H2,1-2H3,(H,13,15). The van der Waals surface area contributed by atoms with Crippen LogP contribution in [0.5, 0.6) is 0 Å². The minimum atomic E-state index is 0.308. The van der Waals surface area contributed by atoms with Crippen LogP contribution in [-0.2, 0) is 12.8 Å². The highest BCUT2D eigenvalue weighted by molar-refractivity contribution is 7.71. The molecule has 2 rings (SSSR count). The van der Waals surface area contributed by atoms with E-state index in [0.29, 0.717) is 10.7 Å². The van der Waals surface area contributed by atoms with E-state index in [1.165, 1.54) is 0 Å². The zero-order valence-corrected chi connectivity index (χ0v) is 10.9. The molecule has 2 aromatic heterocycles. The summed E-state index contributed by atoms with van der Waals surface area (Å²) in [4.78, 5) is 5.88. The summed E-state index contributed by atoms with van der Waals surface area (Å²) in [7, 11) is 0. The van der Waals surface area contributed by atoms with Gasteiger partial charge in [-0.1, -0.05) is 13.8 Å². The number of aromatic amines is 1. The molecule has 0 bridgehead atoms. The smallest absolute Gasteiger partial charge is 0.284 e. The number of nitrogens with zero attached hydrogens (tertiary/aromatic N) is 2. The fraction of sp³-hybridized carbons (Fsp3) is 0.500. The van der Waals surface area contributed by atoms with E-state index in [2.05, 4.69) is 29.0 Å². The Hall–Kier alpha value is -1.01. The van der Waals surface area contributed by atoms with Crippen LogP contribution in [0.2, 0.25) is 0 Å². The van der Waals surface area contributed by atoms with Crippen LogP contribution in [0.4, 0.5) is 0 Å². The third-order valence-electron chi connectivity index (χ3n) is 2.17. The number of hydrogen-bond donors (Lipinski definition) is 1. The van der Waals surface area contributed by atoms with Crippen molar-refractivity contribution in [3.05, 3.63) is 15.5 Å². The van der Waals surface area contributed by atoms with Gasteiger partial charge in [-0.3, -0.25) is 0 Å². The highest BCUT2D eigenvalue weighted by atomic mass is 32.1. The van der Waals surface area contributed by atoms with E-state index >= 15 is 0 Å². The van der Waals surface area contributed by atoms with Gasteiger partial charge < -0.3 is 4.42 Å². The molecule has 0 unspecified atom stereocenters. The quantitative estimate of drug-likeness (QED) is 0.851. The maximum Gasteiger partial charge on any atom is 0.284 e. The highest BCUT2D eigenvalue weighted by Gasteiger charge is 2.15. The zero-order valence-electron chi connectivity index (χ0n) is 9.24. The molecule has 0 spiro atoms. The third kappa shape index (κ3) is 2.22. The molecule has 0 aliphatic carbocycles. The zero-order chi connectivity index (χ0) is 11.5. The Bertz CT molecular complexity index is 526. The van der Waals surface area contributed by atoms with Crippen LogP contribution in [0, 0.1) is 4.84 Å². The van der Waals surface area contributed by atoms with Gasteiger partial charge in [-0.05, 0) is 31.5 Å². The summed E-state index contributed by atoms with van der Waals surface area (Å²) in [5.74, 6) is 0.557. The van der Waals surface area contributed by atoms with Crippen LogP contribution in [0.1, 0.15) is 31.0 Å². The van der Waals surface area contributed by atoms with E-state index in [1.807, 2.05) is 0 Å². The van der Waals surface area contributed by atoms with Gasteiger partial charge in [0.05, 0.1) is 10.7 Å². The van der Waals surface area contributed by atoms with Crippen molar-refractivity contribution >= 4 is 23.6 Å². The summed E-state index contributed by atoms with van der Waals surface area (Å²) < 4.78 is 5.32. The predicted octanol–water partition coefficient (Wildman–Crippen LogP) is 3.37. The van der Waals surface area contributed by atoms with Crippen LogP contribution >= 0.6 is 23.6 Å². The lowest BCUT2D eigenvalue weighted by Gasteiger charge is -1.90. The maximum atomic E-state index is 5.32. The molecule has 0 atom stereocenters. The summed E-state index contributed by atoms with van der Waals surface area (Å²) >= 11 is 6.51. The first-order valence-electron chi connectivity index (χ1n) is 5.29. The molecule has 86 valence electrons. The van der Waals surface area contributed by atoms with Crippen molar-refractivity contribution in [3.8, 4) is 10.8 Å². The largest absolute Gasteiger partial charge is 0.408 e. The third-order valence-corrected chi connectivity index (χ3v) is 3.49. The van der Waals surface area contributed by atoms with Gasteiger partial charge in [-0.15, -0.1) is 16.4 Å². The number of nitrogens with one attached hydrogen (secondary N) is 1. The normalized spacial score (nSPS) is 10.9. The fourth-order valence-electron chi connectivity index (χ4n) is 1.46. The molecule has 2 aromatic rings. The topological polar surface area (TPSA) is 54.7 Å². The number of aromatic nitrogens is 3. The summed E-state index contributed by atoms with van der Waals surface area (Å²) in [5, 5.41) is 7.82.